The lowest BCUT2D eigenvalue weighted by Gasteiger charge is -2.24. The maximum absolute atomic E-state index is 12.7. The molecule has 1 N–H and O–H groups in total. The maximum Gasteiger partial charge on any atom is 0.472 e. The van der Waals surface area contributed by atoms with Gasteiger partial charge in [0.05, 0.1) is 33.9 Å². The van der Waals surface area contributed by atoms with Gasteiger partial charge in [0.1, 0.15) is 25.9 Å². The molecule has 0 aromatic carbocycles. The van der Waals surface area contributed by atoms with Crippen molar-refractivity contribution >= 4 is 25.5 Å². The fraction of sp³-hybridized carbons (Fsp3) is 0.795. The van der Waals surface area contributed by atoms with Crippen LogP contribution < -0.4 is 0 Å². The highest BCUT2D eigenvalue weighted by Crippen LogP contribution is 2.43. The third-order valence-corrected chi connectivity index (χ3v) is 11.2. The van der Waals surface area contributed by atoms with Crippen LogP contribution in [-0.4, -0.2) is 92.9 Å². The zero-order valence-electron chi connectivity index (χ0n) is 35.6. The molecule has 4 unspecified atom stereocenters. The lowest BCUT2D eigenvalue weighted by Crippen LogP contribution is -2.37. The summed E-state index contributed by atoms with van der Waals surface area (Å²) in [7, 11) is 1.39. The van der Waals surface area contributed by atoms with Crippen LogP contribution in [0.25, 0.3) is 0 Å². The van der Waals surface area contributed by atoms with Gasteiger partial charge >= 0.3 is 19.8 Å². The number of hydrogen-bond donors (Lipinski definition) is 1. The van der Waals surface area contributed by atoms with E-state index < -0.39 is 32.5 Å². The first kappa shape index (κ1) is 50.0. The molecule has 56 heavy (non-hydrogen) atoms. The molecule has 1 fully saturated rings. The number of unbranched alkanes of at least 4 members (excludes halogenated alkanes) is 15. The molecule has 0 amide bonds. The van der Waals surface area contributed by atoms with Crippen LogP contribution in [0.5, 0.6) is 0 Å². The van der Waals surface area contributed by atoms with Crippen LogP contribution in [0.4, 0.5) is 0 Å². The van der Waals surface area contributed by atoms with Crippen LogP contribution in [0, 0.1) is 5.92 Å². The van der Waals surface area contributed by atoms with Gasteiger partial charge in [-0.1, -0.05) is 128 Å². The predicted octanol–water partition coefficient (Wildman–Crippen LogP) is 9.91. The number of carbonyl (C=O) groups is 3. The van der Waals surface area contributed by atoms with Crippen molar-refractivity contribution in [2.45, 2.75) is 173 Å². The Bertz CT molecular complexity index is 1260. The van der Waals surface area contributed by atoms with Gasteiger partial charge in [0.2, 0.25) is 0 Å². The first-order valence-corrected chi connectivity index (χ1v) is 23.3. The molecule has 0 saturated carbocycles. The largest absolute Gasteiger partial charge is 0.472 e. The van der Waals surface area contributed by atoms with Crippen molar-refractivity contribution in [2.24, 2.45) is 5.92 Å². The molecule has 322 valence electrons. The van der Waals surface area contributed by atoms with Crippen molar-refractivity contribution < 1.29 is 51.6 Å². The first-order valence-electron chi connectivity index (χ1n) is 21.9. The Morgan fingerprint density at radius 1 is 0.821 bits per heavy atom. The first-order chi connectivity index (χ1) is 26.8. The summed E-state index contributed by atoms with van der Waals surface area (Å²) in [4.78, 5) is 47.8. The Morgan fingerprint density at radius 3 is 2.07 bits per heavy atom. The molecular formula is C44H77NO10P+. The van der Waals surface area contributed by atoms with Gasteiger partial charge in [0.15, 0.2) is 11.9 Å². The number of rotatable bonds is 35. The SMILES string of the molecule is CCCCCCCCCCCCCCCC(=O)OC[C@H](COP(=O)(O)OCC[N+](C)(C)C)OC(=O)CCC/C=C\CC1OC1/C=C1/C(=O)C=CC1CCCCC. The molecule has 2 aliphatic rings. The normalized spacial score (nSPS) is 20.5. The van der Waals surface area contributed by atoms with Gasteiger partial charge in [0.25, 0.3) is 0 Å². The van der Waals surface area contributed by atoms with E-state index in [0.29, 0.717) is 23.9 Å². The van der Waals surface area contributed by atoms with E-state index in [1.165, 1.54) is 70.6 Å². The standard InChI is InChI=1S/C44H76NO10P/c1-6-8-10-11-12-13-14-15-16-17-18-19-24-28-43(47)51-35-38(36-53-56(49,50)52-33-32-45(3,4)5)54-44(48)29-25-21-20-23-27-41-42(55-41)34-39-37(26-22-9-7-2)30-31-40(39)46/h20,23,30-31,34,37-38,41-42H,6-19,21-22,24-29,32-33,35-36H2,1-5H3/p+1/b23-20-,39-34+/t37?,38-,41?,42?/m1/s1. The number of esters is 2. The predicted molar refractivity (Wildman–Crippen MR) is 222 cm³/mol. The minimum atomic E-state index is -4.41. The second kappa shape index (κ2) is 29.1. The van der Waals surface area contributed by atoms with E-state index in [1.807, 2.05) is 45.4 Å². The molecule has 1 heterocycles. The topological polar surface area (TPSA) is 138 Å². The number of carbonyl (C=O) groups excluding carboxylic acids is 3. The number of hydrogen-bond acceptors (Lipinski definition) is 9. The Labute approximate surface area is 339 Å². The quantitative estimate of drug-likeness (QED) is 0.0125. The fourth-order valence-electron chi connectivity index (χ4n) is 6.59. The summed E-state index contributed by atoms with van der Waals surface area (Å²) in [5.74, 6) is -0.629. The number of nitrogens with zero attached hydrogens (tertiary/aromatic N) is 1. The number of allylic oxidation sites excluding steroid dienone is 4. The summed E-state index contributed by atoms with van der Waals surface area (Å²) in [6.07, 6.45) is 31.2. The van der Waals surface area contributed by atoms with Crippen LogP contribution in [-0.2, 0) is 42.2 Å². The number of epoxide rings is 1. The van der Waals surface area contributed by atoms with Gasteiger partial charge in [-0.15, -0.1) is 0 Å². The average molecular weight is 811 g/mol. The molecule has 0 aromatic heterocycles. The van der Waals surface area contributed by atoms with E-state index in [-0.39, 0.29) is 50.0 Å². The van der Waals surface area contributed by atoms with Gasteiger partial charge in [-0.05, 0) is 44.3 Å². The highest BCUT2D eigenvalue weighted by Gasteiger charge is 2.38. The third-order valence-electron chi connectivity index (χ3n) is 10.2. The minimum absolute atomic E-state index is 0.00533. The minimum Gasteiger partial charge on any atom is -0.462 e. The van der Waals surface area contributed by atoms with Gasteiger partial charge in [-0.25, -0.2) is 4.57 Å². The van der Waals surface area contributed by atoms with Crippen molar-refractivity contribution in [3.8, 4) is 0 Å². The third kappa shape index (κ3) is 25.3. The zero-order valence-corrected chi connectivity index (χ0v) is 36.5. The Morgan fingerprint density at radius 2 is 1.43 bits per heavy atom. The molecule has 5 atom stereocenters. The van der Waals surface area contributed by atoms with Crippen LogP contribution in [0.3, 0.4) is 0 Å². The second-order valence-corrected chi connectivity index (χ2v) is 18.0. The van der Waals surface area contributed by atoms with Gasteiger partial charge in [-0.2, -0.15) is 0 Å². The van der Waals surface area contributed by atoms with E-state index >= 15 is 0 Å². The number of ketones is 1. The summed E-state index contributed by atoms with van der Waals surface area (Å²) < 4.78 is 40.0. The maximum atomic E-state index is 12.7. The van der Waals surface area contributed by atoms with Crippen molar-refractivity contribution in [1.82, 2.24) is 0 Å². The summed E-state index contributed by atoms with van der Waals surface area (Å²) in [5.41, 5.74) is 0.860. The molecule has 1 saturated heterocycles. The highest BCUT2D eigenvalue weighted by molar-refractivity contribution is 7.47. The van der Waals surface area contributed by atoms with Gasteiger partial charge in [0, 0.05) is 24.3 Å². The molecule has 1 aliphatic heterocycles. The van der Waals surface area contributed by atoms with Crippen LogP contribution >= 0.6 is 7.82 Å². The van der Waals surface area contributed by atoms with Crippen molar-refractivity contribution in [3.63, 3.8) is 0 Å². The van der Waals surface area contributed by atoms with Crippen molar-refractivity contribution in [2.75, 3.05) is 47.5 Å². The van der Waals surface area contributed by atoms with E-state index in [4.69, 9.17) is 23.3 Å². The molecule has 0 bridgehead atoms. The van der Waals surface area contributed by atoms with Gasteiger partial charge < -0.3 is 23.6 Å². The highest BCUT2D eigenvalue weighted by atomic mass is 31.2. The summed E-state index contributed by atoms with van der Waals surface area (Å²) in [6.45, 7) is 4.19. The fourth-order valence-corrected chi connectivity index (χ4v) is 7.33. The molecular weight excluding hydrogens is 733 g/mol. The lowest BCUT2D eigenvalue weighted by molar-refractivity contribution is -0.870. The summed E-state index contributed by atoms with van der Waals surface area (Å²) >= 11 is 0. The second-order valence-electron chi connectivity index (χ2n) is 16.6. The zero-order chi connectivity index (χ0) is 41.1. The van der Waals surface area contributed by atoms with E-state index in [2.05, 4.69) is 13.8 Å². The van der Waals surface area contributed by atoms with E-state index in [1.54, 1.807) is 6.08 Å². The number of phosphoric acid groups is 1. The summed E-state index contributed by atoms with van der Waals surface area (Å²) in [6, 6.07) is 0. The van der Waals surface area contributed by atoms with Gasteiger partial charge in [-0.3, -0.25) is 23.4 Å². The number of likely N-dealkylation sites (N-methyl/N-ethyl adjacent to an activating group) is 1. The average Bonchev–Trinajstić information content (AvgIpc) is 3.80. The number of quaternary nitrogens is 1. The molecule has 11 nitrogen and oxygen atoms in total. The van der Waals surface area contributed by atoms with Crippen LogP contribution in [0.1, 0.15) is 155 Å². The molecule has 0 spiro atoms. The van der Waals surface area contributed by atoms with Crippen LogP contribution in [0.2, 0.25) is 0 Å². The summed E-state index contributed by atoms with van der Waals surface area (Å²) in [5, 5.41) is 0. The number of phosphoric ester groups is 1. The Kier molecular flexibility index (Phi) is 26.0. The smallest absolute Gasteiger partial charge is 0.462 e. The van der Waals surface area contributed by atoms with E-state index in [0.717, 1.165) is 50.5 Å². The van der Waals surface area contributed by atoms with Crippen LogP contribution in [0.15, 0.2) is 36.0 Å². The van der Waals surface area contributed by atoms with E-state index in [9.17, 15) is 23.8 Å². The lowest BCUT2D eigenvalue weighted by atomic mass is 9.94. The van der Waals surface area contributed by atoms with Crippen molar-refractivity contribution in [3.05, 3.63) is 36.0 Å². The molecule has 1 aliphatic carbocycles. The number of ether oxygens (including phenoxy) is 3. The Balaban J connectivity index is 1.69. The molecule has 0 radical (unpaired) electrons. The molecule has 0 aromatic rings. The molecule has 12 heteroatoms. The monoisotopic (exact) mass is 811 g/mol. The van der Waals surface area contributed by atoms with Crippen molar-refractivity contribution in [1.29, 1.82) is 0 Å². The molecule has 2 rings (SSSR count). The Hall–Kier alpha value is -2.14.